The molecule has 18 heteroatoms. The number of nitrogen functional groups attached to an aromatic ring is 1. The van der Waals surface area contributed by atoms with Crippen LogP contribution in [0.3, 0.4) is 0 Å². The van der Waals surface area contributed by atoms with E-state index < -0.39 is 41.8 Å². The van der Waals surface area contributed by atoms with Crippen molar-refractivity contribution >= 4 is 87.0 Å². The molecule has 1 fully saturated rings. The van der Waals surface area contributed by atoms with E-state index in [0.717, 1.165) is 11.3 Å². The Bertz CT molecular complexity index is 1190. The molecule has 1 unspecified atom stereocenters. The molecule has 0 radical (unpaired) electrons. The van der Waals surface area contributed by atoms with Gasteiger partial charge in [0.15, 0.2) is 10.8 Å². The van der Waals surface area contributed by atoms with Crippen molar-refractivity contribution in [3.8, 4) is 0 Å². The molecule has 0 bridgehead atoms. The van der Waals surface area contributed by atoms with Crippen LogP contribution >= 0.6 is 46.8 Å². The number of thioether (sulfide) groups is 2. The van der Waals surface area contributed by atoms with Crippen LogP contribution in [0.25, 0.3) is 0 Å². The largest absolute Gasteiger partial charge is 0.477 e. The normalized spacial score (nSPS) is 21.0. The summed E-state index contributed by atoms with van der Waals surface area (Å²) in [6, 6.07) is -0.994. The Kier molecular flexibility index (Phi) is 8.83. The molecule has 14 nitrogen and oxygen atoms in total. The van der Waals surface area contributed by atoms with Crippen LogP contribution in [-0.4, -0.2) is 96.4 Å². The van der Waals surface area contributed by atoms with Gasteiger partial charge in [0.1, 0.15) is 22.8 Å². The fraction of sp³-hybridized carbons (Fsp3) is 0.421. The molecule has 1 aromatic heterocycles. The highest BCUT2D eigenvalue weighted by Gasteiger charge is 2.54. The number of carboxylic acid groups (broad SMARTS) is 1. The number of anilines is 1. The van der Waals surface area contributed by atoms with Crippen LogP contribution in [0.1, 0.15) is 12.6 Å². The number of esters is 1. The topological polar surface area (TPSA) is 189 Å². The van der Waals surface area contributed by atoms with Crippen LogP contribution in [0.2, 0.25) is 0 Å². The molecule has 1 saturated heterocycles. The summed E-state index contributed by atoms with van der Waals surface area (Å²) in [7, 11) is 0. The van der Waals surface area contributed by atoms with Gasteiger partial charge in [-0.2, -0.15) is 5.10 Å². The summed E-state index contributed by atoms with van der Waals surface area (Å²) in [6.45, 7) is 1.25. The number of nitrogens with zero attached hydrogens (tertiary/aromatic N) is 5. The highest BCUT2D eigenvalue weighted by molar-refractivity contribution is 8.13. The molecular weight excluding hydrogens is 567 g/mol. The number of carboxylic acids is 1. The Hall–Kier alpha value is -2.96. The van der Waals surface area contributed by atoms with Gasteiger partial charge in [0, 0.05) is 16.9 Å². The van der Waals surface area contributed by atoms with Gasteiger partial charge < -0.3 is 25.7 Å². The Morgan fingerprint density at radius 1 is 1.41 bits per heavy atom. The zero-order valence-corrected chi connectivity index (χ0v) is 22.5. The van der Waals surface area contributed by atoms with Crippen molar-refractivity contribution in [3.05, 3.63) is 22.3 Å². The van der Waals surface area contributed by atoms with Crippen molar-refractivity contribution in [2.75, 3.05) is 36.3 Å². The number of β-lactam (4-membered cyclic amide) rings is 1. The first-order chi connectivity index (χ1) is 17.8. The van der Waals surface area contributed by atoms with Gasteiger partial charge in [-0.15, -0.1) is 23.1 Å². The third-order valence-corrected chi connectivity index (χ3v) is 8.80. The maximum atomic E-state index is 13.1. The van der Waals surface area contributed by atoms with Crippen molar-refractivity contribution in [2.45, 2.75) is 18.3 Å². The number of rotatable bonds is 11. The maximum Gasteiger partial charge on any atom is 0.352 e. The summed E-state index contributed by atoms with van der Waals surface area (Å²) in [5.41, 5.74) is 7.69. The van der Waals surface area contributed by atoms with Crippen LogP contribution in [0.15, 0.2) is 26.9 Å². The summed E-state index contributed by atoms with van der Waals surface area (Å²) in [5, 5.41) is 21.3. The monoisotopic (exact) mass is 587 g/mol. The molecule has 3 aliphatic heterocycles. The number of nitrogens with two attached hydrogens (primary N) is 1. The summed E-state index contributed by atoms with van der Waals surface area (Å²) < 4.78 is 6.50. The van der Waals surface area contributed by atoms with Crippen LogP contribution in [-0.2, 0) is 28.8 Å². The fourth-order valence-electron chi connectivity index (χ4n) is 3.40. The average molecular weight is 588 g/mol. The van der Waals surface area contributed by atoms with E-state index >= 15 is 0 Å². The van der Waals surface area contributed by atoms with Crippen molar-refractivity contribution < 1.29 is 33.9 Å². The Morgan fingerprint density at radius 2 is 2.22 bits per heavy atom. The van der Waals surface area contributed by atoms with Crippen molar-refractivity contribution in [2.24, 2.45) is 10.3 Å². The lowest BCUT2D eigenvalue weighted by Gasteiger charge is -2.49. The number of carbonyl (C=O) groups excluding carboxylic acids is 3. The predicted molar refractivity (Wildman–Crippen MR) is 141 cm³/mol. The number of carbonyl (C=O) groups is 4. The molecule has 4 rings (SSSR count). The third kappa shape index (κ3) is 6.13. The number of aromatic nitrogens is 1. The third-order valence-electron chi connectivity index (χ3n) is 4.98. The fourth-order valence-corrected chi connectivity index (χ4v) is 7.06. The minimum atomic E-state index is -1.22. The molecule has 2 atom stereocenters. The molecule has 3 aliphatic rings. The van der Waals surface area contributed by atoms with Crippen molar-refractivity contribution in [3.63, 3.8) is 0 Å². The van der Waals surface area contributed by atoms with Gasteiger partial charge in [0.25, 0.3) is 11.8 Å². The zero-order chi connectivity index (χ0) is 26.5. The zero-order valence-electron chi connectivity index (χ0n) is 19.2. The quantitative estimate of drug-likeness (QED) is 0.106. The number of aliphatic carboxylic acids is 1. The van der Waals surface area contributed by atoms with Crippen LogP contribution < -0.4 is 11.1 Å². The molecule has 0 saturated carbocycles. The molecule has 2 amide bonds. The molecule has 37 heavy (non-hydrogen) atoms. The van der Waals surface area contributed by atoms with E-state index in [2.05, 4.69) is 20.6 Å². The number of hydrogen-bond donors (Lipinski definition) is 3. The van der Waals surface area contributed by atoms with Gasteiger partial charge in [0.05, 0.1) is 18.0 Å². The van der Waals surface area contributed by atoms with E-state index in [1.54, 1.807) is 16.9 Å². The highest BCUT2D eigenvalue weighted by Crippen LogP contribution is 2.41. The lowest BCUT2D eigenvalue weighted by Crippen LogP contribution is -2.71. The second-order valence-electron chi connectivity index (χ2n) is 7.35. The molecule has 4 N–H and O–H groups in total. The second-order valence-corrected chi connectivity index (χ2v) is 11.1. The van der Waals surface area contributed by atoms with E-state index in [1.165, 1.54) is 45.8 Å². The van der Waals surface area contributed by atoms with E-state index in [9.17, 15) is 24.3 Å². The molecule has 4 heterocycles. The van der Waals surface area contributed by atoms with Gasteiger partial charge in [-0.25, -0.2) is 19.0 Å². The van der Waals surface area contributed by atoms with Crippen LogP contribution in [0.4, 0.5) is 5.13 Å². The number of amides is 2. The number of thiazole rings is 1. The lowest BCUT2D eigenvalue weighted by atomic mass is 10.0. The first-order valence-corrected chi connectivity index (χ1v) is 14.5. The van der Waals surface area contributed by atoms with Gasteiger partial charge in [0.2, 0.25) is 6.61 Å². The smallest absolute Gasteiger partial charge is 0.352 e. The number of ether oxygens (including phenoxy) is 1. The van der Waals surface area contributed by atoms with Crippen LogP contribution in [0.5, 0.6) is 0 Å². The highest BCUT2D eigenvalue weighted by atomic mass is 32.2. The lowest BCUT2D eigenvalue weighted by molar-refractivity contribution is -0.150. The van der Waals surface area contributed by atoms with E-state index in [1.807, 2.05) is 0 Å². The van der Waals surface area contributed by atoms with E-state index in [4.69, 9.17) is 15.3 Å². The molecular formula is C19H21N7O7S4. The Morgan fingerprint density at radius 3 is 2.86 bits per heavy atom. The number of fused-ring (bicyclic) bond motifs is 1. The molecule has 1 aromatic rings. The number of hydrogen-bond acceptors (Lipinski definition) is 15. The SMILES string of the molecule is CCOC(=O)CON=C(C(=O)NC1C(=O)N2C(C(=O)O)=C(CSN3CSC=N3)CS[C@@H]12)c1csc(N)n1. The van der Waals surface area contributed by atoms with E-state index in [0.29, 0.717) is 23.0 Å². The Balaban J connectivity index is 1.46. The second kappa shape index (κ2) is 12.1. The summed E-state index contributed by atoms with van der Waals surface area (Å²) in [4.78, 5) is 59.8. The standard InChI is InChI=1S/C19H21N7O7S4/c1-2-32-11(27)3-33-24-12(10-6-36-19(20)22-10)15(28)23-13-16(29)26-14(18(30)31)9(4-35-17(13)26)5-37-25-8-34-7-21-25/h6-7,13,17H,2-5,8H2,1H3,(H2,20,22)(H,23,28)(H,30,31)/t13?,17-/m0/s1. The summed E-state index contributed by atoms with van der Waals surface area (Å²) in [6.07, 6.45) is 0. The summed E-state index contributed by atoms with van der Waals surface area (Å²) in [5.74, 6) is -1.86. The van der Waals surface area contributed by atoms with Crippen molar-refractivity contribution in [1.82, 2.24) is 19.6 Å². The maximum absolute atomic E-state index is 13.1. The number of nitrogens with one attached hydrogen (secondary N) is 1. The number of oxime groups is 1. The summed E-state index contributed by atoms with van der Waals surface area (Å²) >= 11 is 5.30. The van der Waals surface area contributed by atoms with Gasteiger partial charge in [-0.3, -0.25) is 14.5 Å². The molecule has 198 valence electrons. The van der Waals surface area contributed by atoms with Gasteiger partial charge >= 0.3 is 11.9 Å². The van der Waals surface area contributed by atoms with Gasteiger partial charge in [-0.05, 0) is 24.4 Å². The van der Waals surface area contributed by atoms with Crippen molar-refractivity contribution in [1.29, 1.82) is 0 Å². The molecule has 0 spiro atoms. The Labute approximate surface area is 227 Å². The van der Waals surface area contributed by atoms with Gasteiger partial charge in [-0.1, -0.05) is 16.9 Å². The molecule has 0 aliphatic carbocycles. The minimum absolute atomic E-state index is 0.0819. The molecule has 0 aromatic carbocycles. The average Bonchev–Trinajstić information content (AvgIpc) is 3.55. The minimum Gasteiger partial charge on any atom is -0.477 e. The predicted octanol–water partition coefficient (Wildman–Crippen LogP) is 0.346. The van der Waals surface area contributed by atoms with Crippen LogP contribution in [0, 0.1) is 0 Å². The first-order valence-electron chi connectivity index (χ1n) is 10.6. The van der Waals surface area contributed by atoms with E-state index in [-0.39, 0.29) is 28.8 Å². The number of hydrazone groups is 1. The first kappa shape index (κ1) is 27.1.